The maximum atomic E-state index is 12.1. The van der Waals surface area contributed by atoms with Crippen LogP contribution in [0.15, 0.2) is 54.6 Å². The average Bonchev–Trinajstić information content (AvgIpc) is 2.82. The predicted octanol–water partition coefficient (Wildman–Crippen LogP) is 3.61. The van der Waals surface area contributed by atoms with E-state index >= 15 is 0 Å². The van der Waals surface area contributed by atoms with Crippen LogP contribution in [0.2, 0.25) is 0 Å². The molecule has 2 heterocycles. The number of amides is 1. The highest BCUT2D eigenvalue weighted by Crippen LogP contribution is 2.30. The van der Waals surface area contributed by atoms with Gasteiger partial charge in [-0.05, 0) is 30.1 Å². The largest absolute Gasteiger partial charge is 0.395 e. The van der Waals surface area contributed by atoms with Crippen LogP contribution >= 0.6 is 24.8 Å². The van der Waals surface area contributed by atoms with E-state index in [0.717, 1.165) is 49.8 Å². The molecule has 8 heteroatoms. The molecule has 32 heavy (non-hydrogen) atoms. The number of hydrogen-bond donors (Lipinski definition) is 2. The van der Waals surface area contributed by atoms with Crippen LogP contribution in [0.25, 0.3) is 22.0 Å². The third-order valence-electron chi connectivity index (χ3n) is 5.68. The molecule has 172 valence electrons. The number of piperazine rings is 1. The van der Waals surface area contributed by atoms with Crippen molar-refractivity contribution >= 4 is 47.3 Å². The van der Waals surface area contributed by atoms with Crippen molar-refractivity contribution in [1.29, 1.82) is 0 Å². The summed E-state index contributed by atoms with van der Waals surface area (Å²) in [4.78, 5) is 22.0. The molecular weight excluding hydrogens is 447 g/mol. The lowest BCUT2D eigenvalue weighted by Gasteiger charge is -2.35. The van der Waals surface area contributed by atoms with Gasteiger partial charge in [0.1, 0.15) is 5.82 Å². The zero-order valence-electron chi connectivity index (χ0n) is 18.2. The Kier molecular flexibility index (Phi) is 9.72. The summed E-state index contributed by atoms with van der Waals surface area (Å²) in [6, 6.07) is 18.0. The summed E-state index contributed by atoms with van der Waals surface area (Å²) in [5.74, 6) is 0.847. The molecule has 1 aromatic heterocycles. The third-order valence-corrected chi connectivity index (χ3v) is 5.68. The number of anilines is 1. The molecule has 0 saturated carbocycles. The van der Waals surface area contributed by atoms with E-state index < -0.39 is 0 Å². The molecular formula is C24H30Cl2N4O2. The Morgan fingerprint density at radius 1 is 1.03 bits per heavy atom. The van der Waals surface area contributed by atoms with E-state index in [4.69, 9.17) is 10.1 Å². The molecule has 0 spiro atoms. The monoisotopic (exact) mass is 476 g/mol. The summed E-state index contributed by atoms with van der Waals surface area (Å²) in [7, 11) is 0. The molecule has 1 saturated heterocycles. The van der Waals surface area contributed by atoms with Gasteiger partial charge in [0.2, 0.25) is 0 Å². The van der Waals surface area contributed by atoms with E-state index in [1.54, 1.807) is 12.1 Å². The van der Waals surface area contributed by atoms with Crippen molar-refractivity contribution in [1.82, 2.24) is 15.2 Å². The van der Waals surface area contributed by atoms with Crippen molar-refractivity contribution in [2.45, 2.75) is 6.92 Å². The van der Waals surface area contributed by atoms with Gasteiger partial charge in [0.05, 0.1) is 12.3 Å². The van der Waals surface area contributed by atoms with Gasteiger partial charge in [0.25, 0.3) is 5.91 Å². The number of aromatic nitrogens is 1. The van der Waals surface area contributed by atoms with Crippen molar-refractivity contribution in [3.63, 3.8) is 0 Å². The minimum absolute atomic E-state index is 0. The van der Waals surface area contributed by atoms with E-state index in [1.165, 1.54) is 10.8 Å². The van der Waals surface area contributed by atoms with Gasteiger partial charge in [-0.3, -0.25) is 4.79 Å². The summed E-state index contributed by atoms with van der Waals surface area (Å²) in [6.45, 7) is 7.51. The third kappa shape index (κ3) is 5.70. The molecule has 2 aromatic carbocycles. The van der Waals surface area contributed by atoms with Gasteiger partial charge in [-0.2, -0.15) is 0 Å². The molecule has 6 nitrogen and oxygen atoms in total. The molecule has 0 atom stereocenters. The van der Waals surface area contributed by atoms with Gasteiger partial charge >= 0.3 is 0 Å². The lowest BCUT2D eigenvalue weighted by molar-refractivity contribution is 0.0945. The Hall–Kier alpha value is -2.38. The first-order valence-electron chi connectivity index (χ1n) is 10.6. The first kappa shape index (κ1) is 25.9. The number of benzene rings is 2. The van der Waals surface area contributed by atoms with Crippen molar-refractivity contribution in [3.05, 3.63) is 60.2 Å². The van der Waals surface area contributed by atoms with Crippen LogP contribution in [-0.2, 0) is 0 Å². The minimum atomic E-state index is -0.184. The number of carbonyl (C=O) groups is 1. The smallest absolute Gasteiger partial charge is 0.251 e. The molecule has 1 amide bonds. The molecule has 1 fully saturated rings. The number of aliphatic hydroxyl groups excluding tert-OH is 1. The van der Waals surface area contributed by atoms with Gasteiger partial charge in [0.15, 0.2) is 0 Å². The first-order chi connectivity index (χ1) is 14.7. The minimum Gasteiger partial charge on any atom is -0.395 e. The van der Waals surface area contributed by atoms with Crippen LogP contribution in [0.3, 0.4) is 0 Å². The lowest BCUT2D eigenvalue weighted by atomic mass is 10.0. The van der Waals surface area contributed by atoms with E-state index in [9.17, 15) is 4.79 Å². The summed E-state index contributed by atoms with van der Waals surface area (Å²) in [5, 5.41) is 13.9. The van der Waals surface area contributed by atoms with Crippen LogP contribution in [0, 0.1) is 0 Å². The predicted molar refractivity (Wildman–Crippen MR) is 135 cm³/mol. The number of rotatable bonds is 6. The van der Waals surface area contributed by atoms with Crippen molar-refractivity contribution in [3.8, 4) is 11.3 Å². The van der Waals surface area contributed by atoms with E-state index in [2.05, 4.69) is 52.4 Å². The molecule has 0 aliphatic carbocycles. The fourth-order valence-electron chi connectivity index (χ4n) is 3.91. The van der Waals surface area contributed by atoms with Gasteiger partial charge in [-0.15, -0.1) is 24.8 Å². The second kappa shape index (κ2) is 12.0. The van der Waals surface area contributed by atoms with Crippen LogP contribution < -0.4 is 10.2 Å². The number of carbonyl (C=O) groups excluding carboxylic acids is 1. The molecule has 0 unspecified atom stereocenters. The molecule has 4 rings (SSSR count). The number of hydrogen-bond acceptors (Lipinski definition) is 5. The molecule has 1 aliphatic rings. The van der Waals surface area contributed by atoms with Crippen LogP contribution in [0.1, 0.15) is 17.3 Å². The highest BCUT2D eigenvalue weighted by Gasteiger charge is 2.20. The van der Waals surface area contributed by atoms with Crippen LogP contribution in [0.4, 0.5) is 5.82 Å². The van der Waals surface area contributed by atoms with Crippen molar-refractivity contribution < 1.29 is 9.90 Å². The molecule has 0 radical (unpaired) electrons. The maximum Gasteiger partial charge on any atom is 0.251 e. The van der Waals surface area contributed by atoms with Gasteiger partial charge < -0.3 is 20.2 Å². The van der Waals surface area contributed by atoms with Crippen LogP contribution in [0.5, 0.6) is 0 Å². The second-order valence-electron chi connectivity index (χ2n) is 7.53. The standard InChI is InChI=1S/C24H28N4O2.2ClH/c1-2-27-12-14-28(15-13-27)23-21-6-4-3-5-20(21)17-22(26-23)18-7-9-19(10-8-18)24(30)25-11-16-29;;/h3-10,17,29H,2,11-16H2,1H3,(H,25,30);2*1H. The number of nitrogens with zero attached hydrogens (tertiary/aromatic N) is 3. The normalized spacial score (nSPS) is 13.9. The fourth-order valence-corrected chi connectivity index (χ4v) is 3.91. The Labute approximate surface area is 201 Å². The van der Waals surface area contributed by atoms with Gasteiger partial charge in [-0.1, -0.05) is 43.3 Å². The van der Waals surface area contributed by atoms with Crippen molar-refractivity contribution in [2.24, 2.45) is 0 Å². The van der Waals surface area contributed by atoms with Crippen molar-refractivity contribution in [2.75, 3.05) is 50.8 Å². The molecule has 2 N–H and O–H groups in total. The molecule has 0 bridgehead atoms. The number of aliphatic hydroxyl groups is 1. The van der Waals surface area contributed by atoms with E-state index in [1.807, 2.05) is 12.1 Å². The maximum absolute atomic E-state index is 12.1. The van der Waals surface area contributed by atoms with E-state index in [-0.39, 0.29) is 43.9 Å². The number of nitrogens with one attached hydrogen (secondary N) is 1. The van der Waals surface area contributed by atoms with E-state index in [0.29, 0.717) is 5.56 Å². The van der Waals surface area contributed by atoms with Gasteiger partial charge in [-0.25, -0.2) is 4.98 Å². The molecule has 3 aromatic rings. The summed E-state index contributed by atoms with van der Waals surface area (Å²) >= 11 is 0. The number of fused-ring (bicyclic) bond motifs is 1. The topological polar surface area (TPSA) is 68.7 Å². The first-order valence-corrected chi connectivity index (χ1v) is 10.6. The van der Waals surface area contributed by atoms with Crippen LogP contribution in [-0.4, -0.2) is 66.8 Å². The summed E-state index contributed by atoms with van der Waals surface area (Å²) in [5.41, 5.74) is 2.46. The molecule has 1 aliphatic heterocycles. The number of pyridine rings is 1. The number of likely N-dealkylation sites (N-methyl/N-ethyl adjacent to an activating group) is 1. The number of halogens is 2. The van der Waals surface area contributed by atoms with Gasteiger partial charge in [0, 0.05) is 49.2 Å². The highest BCUT2D eigenvalue weighted by atomic mass is 35.5. The Morgan fingerprint density at radius 3 is 2.38 bits per heavy atom. The highest BCUT2D eigenvalue weighted by molar-refractivity contribution is 5.96. The fraction of sp³-hybridized carbons (Fsp3) is 0.333. The zero-order chi connectivity index (χ0) is 20.9. The Bertz CT molecular complexity index is 1020. The quantitative estimate of drug-likeness (QED) is 0.568. The SMILES string of the molecule is CCN1CCN(c2nc(-c3ccc(C(=O)NCCO)cc3)cc3ccccc23)CC1.Cl.Cl. The Morgan fingerprint density at radius 2 is 1.72 bits per heavy atom. The summed E-state index contributed by atoms with van der Waals surface area (Å²) in [6.07, 6.45) is 0. The zero-order valence-corrected chi connectivity index (χ0v) is 19.8. The summed E-state index contributed by atoms with van der Waals surface area (Å²) < 4.78 is 0. The second-order valence-corrected chi connectivity index (χ2v) is 7.53. The lowest BCUT2D eigenvalue weighted by Crippen LogP contribution is -2.46. The Balaban J connectivity index is 0.00000181. The average molecular weight is 477 g/mol.